The molecular weight excluding hydrogens is 503 g/mol. The number of nitrogens with zero attached hydrogens (tertiary/aromatic N) is 1. The quantitative estimate of drug-likeness (QED) is 0.350. The molecule has 0 radical (unpaired) electrons. The van der Waals surface area contributed by atoms with Crippen LogP contribution in [0.15, 0.2) is 72.8 Å². The van der Waals surface area contributed by atoms with Crippen molar-refractivity contribution in [2.75, 3.05) is 0 Å². The summed E-state index contributed by atoms with van der Waals surface area (Å²) in [6, 6.07) is 21.2. The molecule has 0 saturated heterocycles. The molecule has 0 heterocycles. The zero-order valence-corrected chi connectivity index (χ0v) is 22.3. The van der Waals surface area contributed by atoms with Crippen LogP contribution < -0.4 is 5.32 Å². The van der Waals surface area contributed by atoms with Crippen LogP contribution in [0.2, 0.25) is 15.1 Å². The Hall–Kier alpha value is -2.53. The fraction of sp³-hybridized carbons (Fsp3) is 0.286. The Kier molecular flexibility index (Phi) is 9.23. The standard InChI is InChI=1S/C28H29Cl3N2O2/c1-28(2,3)32-27(35)25(16-19-9-5-4-6-10-19)33(18-22-23(30)13-8-14-24(22)31)26(34)17-20-11-7-12-21(29)15-20/h4-15,25H,16-18H2,1-3H3,(H,32,35)/t25-/m0/s1. The third-order valence-corrected chi connectivity index (χ3v) is 6.35. The Balaban J connectivity index is 2.04. The second-order valence-corrected chi connectivity index (χ2v) is 10.7. The van der Waals surface area contributed by atoms with Crippen LogP contribution in [0.1, 0.15) is 37.5 Å². The first-order valence-electron chi connectivity index (χ1n) is 11.4. The summed E-state index contributed by atoms with van der Waals surface area (Å²) in [5, 5.41) is 4.46. The normalized spacial score (nSPS) is 12.2. The second kappa shape index (κ2) is 11.9. The highest BCUT2D eigenvalue weighted by Crippen LogP contribution is 2.28. The minimum Gasteiger partial charge on any atom is -0.350 e. The molecule has 0 saturated carbocycles. The molecule has 0 aliphatic rings. The van der Waals surface area contributed by atoms with Gasteiger partial charge in [-0.15, -0.1) is 0 Å². The summed E-state index contributed by atoms with van der Waals surface area (Å²) in [7, 11) is 0. The number of carbonyl (C=O) groups excluding carboxylic acids is 2. The van der Waals surface area contributed by atoms with Crippen LogP contribution in [-0.2, 0) is 29.0 Å². The fourth-order valence-electron chi connectivity index (χ4n) is 3.78. The van der Waals surface area contributed by atoms with Gasteiger partial charge in [-0.05, 0) is 56.2 Å². The molecule has 184 valence electrons. The van der Waals surface area contributed by atoms with E-state index in [0.717, 1.165) is 11.1 Å². The van der Waals surface area contributed by atoms with Gasteiger partial charge in [0.15, 0.2) is 0 Å². The van der Waals surface area contributed by atoms with E-state index in [1.165, 1.54) is 0 Å². The highest BCUT2D eigenvalue weighted by Gasteiger charge is 2.33. The molecule has 0 aliphatic carbocycles. The van der Waals surface area contributed by atoms with Gasteiger partial charge < -0.3 is 10.2 Å². The van der Waals surface area contributed by atoms with E-state index in [-0.39, 0.29) is 24.8 Å². The van der Waals surface area contributed by atoms with Crippen molar-refractivity contribution in [3.05, 3.63) is 105 Å². The molecule has 1 atom stereocenters. The molecule has 0 aromatic heterocycles. The molecule has 3 rings (SSSR count). The van der Waals surface area contributed by atoms with Crippen LogP contribution in [0, 0.1) is 0 Å². The van der Waals surface area contributed by atoms with E-state index in [1.807, 2.05) is 57.2 Å². The van der Waals surface area contributed by atoms with Gasteiger partial charge >= 0.3 is 0 Å². The number of amides is 2. The van der Waals surface area contributed by atoms with Crippen molar-refractivity contribution in [3.8, 4) is 0 Å². The number of hydrogen-bond acceptors (Lipinski definition) is 2. The second-order valence-electron chi connectivity index (χ2n) is 9.47. The van der Waals surface area contributed by atoms with E-state index >= 15 is 0 Å². The Morgan fingerprint density at radius 2 is 1.46 bits per heavy atom. The molecule has 2 amide bonds. The third-order valence-electron chi connectivity index (χ3n) is 5.40. The van der Waals surface area contributed by atoms with Gasteiger partial charge in [0.1, 0.15) is 6.04 Å². The minimum absolute atomic E-state index is 0.0801. The van der Waals surface area contributed by atoms with E-state index in [2.05, 4.69) is 5.32 Å². The first-order valence-corrected chi connectivity index (χ1v) is 12.5. The average molecular weight is 532 g/mol. The molecule has 3 aromatic rings. The first kappa shape index (κ1) is 27.1. The molecule has 0 aliphatic heterocycles. The molecule has 3 aromatic carbocycles. The van der Waals surface area contributed by atoms with Gasteiger partial charge in [-0.1, -0.05) is 83.3 Å². The van der Waals surface area contributed by atoms with Crippen molar-refractivity contribution in [3.63, 3.8) is 0 Å². The zero-order chi connectivity index (χ0) is 25.6. The monoisotopic (exact) mass is 530 g/mol. The number of rotatable bonds is 8. The van der Waals surface area contributed by atoms with Crippen LogP contribution in [0.4, 0.5) is 0 Å². The molecule has 35 heavy (non-hydrogen) atoms. The highest BCUT2D eigenvalue weighted by atomic mass is 35.5. The molecular formula is C28H29Cl3N2O2. The highest BCUT2D eigenvalue weighted by molar-refractivity contribution is 6.36. The lowest BCUT2D eigenvalue weighted by molar-refractivity contribution is -0.141. The van der Waals surface area contributed by atoms with Crippen LogP contribution in [0.25, 0.3) is 0 Å². The van der Waals surface area contributed by atoms with Crippen molar-refractivity contribution >= 4 is 46.6 Å². The van der Waals surface area contributed by atoms with Gasteiger partial charge in [0.2, 0.25) is 11.8 Å². The van der Waals surface area contributed by atoms with E-state index in [9.17, 15) is 9.59 Å². The predicted molar refractivity (Wildman–Crippen MR) is 144 cm³/mol. The summed E-state index contributed by atoms with van der Waals surface area (Å²) in [5.41, 5.74) is 1.81. The van der Waals surface area contributed by atoms with Crippen LogP contribution in [0.5, 0.6) is 0 Å². The zero-order valence-electron chi connectivity index (χ0n) is 20.0. The number of benzene rings is 3. The number of nitrogens with one attached hydrogen (secondary N) is 1. The Labute approximate surface area is 222 Å². The molecule has 0 bridgehead atoms. The van der Waals surface area contributed by atoms with Crippen molar-refractivity contribution in [1.82, 2.24) is 10.2 Å². The van der Waals surface area contributed by atoms with Gasteiger partial charge in [-0.2, -0.15) is 0 Å². The SMILES string of the molecule is CC(C)(C)NC(=O)[C@H](Cc1ccccc1)N(Cc1c(Cl)cccc1Cl)C(=O)Cc1cccc(Cl)c1. The summed E-state index contributed by atoms with van der Waals surface area (Å²) < 4.78 is 0. The minimum atomic E-state index is -0.782. The topological polar surface area (TPSA) is 49.4 Å². The summed E-state index contributed by atoms with van der Waals surface area (Å²) >= 11 is 19.1. The summed E-state index contributed by atoms with van der Waals surface area (Å²) in [4.78, 5) is 28.9. The number of halogens is 3. The third kappa shape index (κ3) is 7.99. The molecule has 1 N–H and O–H groups in total. The molecule has 4 nitrogen and oxygen atoms in total. The number of carbonyl (C=O) groups is 2. The summed E-state index contributed by atoms with van der Waals surface area (Å²) in [6.45, 7) is 5.82. The molecule has 0 fully saturated rings. The van der Waals surface area contributed by atoms with E-state index in [4.69, 9.17) is 34.8 Å². The van der Waals surface area contributed by atoms with Crippen LogP contribution >= 0.6 is 34.8 Å². The van der Waals surface area contributed by atoms with Gasteiger partial charge in [0.25, 0.3) is 0 Å². The average Bonchev–Trinajstić information content (AvgIpc) is 2.77. The van der Waals surface area contributed by atoms with Crippen LogP contribution in [0.3, 0.4) is 0 Å². The maximum absolute atomic E-state index is 13.8. The lowest BCUT2D eigenvalue weighted by Crippen LogP contribution is -2.54. The Morgan fingerprint density at radius 1 is 0.857 bits per heavy atom. The van der Waals surface area contributed by atoms with Gasteiger partial charge in [0, 0.05) is 39.1 Å². The largest absolute Gasteiger partial charge is 0.350 e. The van der Waals surface area contributed by atoms with Crippen molar-refractivity contribution in [1.29, 1.82) is 0 Å². The lowest BCUT2D eigenvalue weighted by Gasteiger charge is -2.34. The molecule has 7 heteroatoms. The van der Waals surface area contributed by atoms with Crippen molar-refractivity contribution in [2.45, 2.75) is 51.7 Å². The van der Waals surface area contributed by atoms with Gasteiger partial charge in [0.05, 0.1) is 6.42 Å². The maximum Gasteiger partial charge on any atom is 0.243 e. The Morgan fingerprint density at radius 3 is 2.06 bits per heavy atom. The predicted octanol–water partition coefficient (Wildman–Crippen LogP) is 6.74. The maximum atomic E-state index is 13.8. The fourth-order valence-corrected chi connectivity index (χ4v) is 4.51. The first-order chi connectivity index (χ1) is 16.5. The molecule has 0 spiro atoms. The molecule has 0 unspecified atom stereocenters. The van der Waals surface area contributed by atoms with E-state index < -0.39 is 11.6 Å². The Bertz CT molecular complexity index is 1160. The smallest absolute Gasteiger partial charge is 0.243 e. The lowest BCUT2D eigenvalue weighted by atomic mass is 9.99. The van der Waals surface area contributed by atoms with Crippen molar-refractivity contribution in [2.24, 2.45) is 0 Å². The van der Waals surface area contributed by atoms with Gasteiger partial charge in [-0.3, -0.25) is 9.59 Å². The number of hydrogen-bond donors (Lipinski definition) is 1. The van der Waals surface area contributed by atoms with E-state index in [1.54, 1.807) is 41.3 Å². The van der Waals surface area contributed by atoms with E-state index in [0.29, 0.717) is 27.1 Å². The van der Waals surface area contributed by atoms with Gasteiger partial charge in [-0.25, -0.2) is 0 Å². The summed E-state index contributed by atoms with van der Waals surface area (Å²) in [6.07, 6.45) is 0.419. The van der Waals surface area contributed by atoms with Crippen molar-refractivity contribution < 1.29 is 9.59 Å². The van der Waals surface area contributed by atoms with Crippen LogP contribution in [-0.4, -0.2) is 28.3 Å². The summed E-state index contributed by atoms with van der Waals surface area (Å²) in [5.74, 6) is -0.475.